The third-order valence-electron chi connectivity index (χ3n) is 6.13. The minimum atomic E-state index is -4.20. The average molecular weight is 597 g/mol. The van der Waals surface area contributed by atoms with Gasteiger partial charge < -0.3 is 10.2 Å². The first kappa shape index (κ1) is 29.8. The molecule has 1 atom stereocenters. The van der Waals surface area contributed by atoms with Gasteiger partial charge in [0.2, 0.25) is 11.8 Å². The Morgan fingerprint density at radius 2 is 1.55 bits per heavy atom. The molecule has 0 heterocycles. The maximum absolute atomic E-state index is 13.9. The van der Waals surface area contributed by atoms with E-state index in [1.165, 1.54) is 30.1 Å². The van der Waals surface area contributed by atoms with Gasteiger partial charge in [-0.25, -0.2) is 8.42 Å². The number of carbonyl (C=O) groups excluding carboxylic acids is 2. The number of amides is 2. The molecule has 0 spiro atoms. The van der Waals surface area contributed by atoms with Gasteiger partial charge in [-0.15, -0.1) is 0 Å². The second-order valence-corrected chi connectivity index (χ2v) is 11.9. The van der Waals surface area contributed by atoms with Crippen LogP contribution >= 0.6 is 34.8 Å². The molecule has 7 nitrogen and oxygen atoms in total. The van der Waals surface area contributed by atoms with Crippen LogP contribution < -0.4 is 9.62 Å². The highest BCUT2D eigenvalue weighted by Gasteiger charge is 2.33. The molecule has 0 aromatic heterocycles. The van der Waals surface area contributed by atoms with Gasteiger partial charge in [0.25, 0.3) is 10.0 Å². The molecule has 11 heteroatoms. The van der Waals surface area contributed by atoms with Crippen LogP contribution in [-0.4, -0.2) is 44.8 Å². The van der Waals surface area contributed by atoms with Crippen LogP contribution in [-0.2, 0) is 26.2 Å². The van der Waals surface area contributed by atoms with Crippen molar-refractivity contribution in [2.45, 2.75) is 38.3 Å². The molecular weight excluding hydrogens is 569 g/mol. The van der Waals surface area contributed by atoms with Crippen molar-refractivity contribution >= 4 is 62.3 Å². The molecule has 3 rings (SSSR count). The normalized spacial score (nSPS) is 12.1. The number of benzene rings is 3. The lowest BCUT2D eigenvalue weighted by atomic mass is 10.1. The van der Waals surface area contributed by atoms with Crippen LogP contribution in [0.1, 0.15) is 23.6 Å². The molecule has 3 aromatic rings. The number of anilines is 1. The van der Waals surface area contributed by atoms with E-state index in [0.29, 0.717) is 26.2 Å². The zero-order chi connectivity index (χ0) is 28.2. The Morgan fingerprint density at radius 3 is 2.13 bits per heavy atom. The molecule has 1 N–H and O–H groups in total. The first-order chi connectivity index (χ1) is 17.9. The van der Waals surface area contributed by atoms with E-state index in [9.17, 15) is 18.0 Å². The highest BCUT2D eigenvalue weighted by molar-refractivity contribution is 7.92. The van der Waals surface area contributed by atoms with Crippen LogP contribution in [0.4, 0.5) is 5.69 Å². The van der Waals surface area contributed by atoms with Gasteiger partial charge in [0, 0.05) is 34.2 Å². The minimum Gasteiger partial charge on any atom is -0.357 e. The quantitative estimate of drug-likeness (QED) is 0.347. The topological polar surface area (TPSA) is 86.8 Å². The highest BCUT2D eigenvalue weighted by atomic mass is 35.5. The Balaban J connectivity index is 2.11. The maximum Gasteiger partial charge on any atom is 0.264 e. The summed E-state index contributed by atoms with van der Waals surface area (Å²) in [6.07, 6.45) is 0. The van der Waals surface area contributed by atoms with E-state index >= 15 is 0 Å². The van der Waals surface area contributed by atoms with Crippen LogP contribution in [0.3, 0.4) is 0 Å². The number of carbonyl (C=O) groups is 2. The number of nitrogens with zero attached hydrogens (tertiary/aromatic N) is 2. The number of rotatable bonds is 9. The highest BCUT2D eigenvalue weighted by Crippen LogP contribution is 2.31. The summed E-state index contributed by atoms with van der Waals surface area (Å²) in [6.45, 7) is 4.41. The van der Waals surface area contributed by atoms with E-state index in [-0.39, 0.29) is 17.1 Å². The molecule has 0 aliphatic heterocycles. The molecule has 2 amide bonds. The standard InChI is InChI=1S/C27H28Cl3N3O4S/c1-17-8-12-21(13-9-17)38(36,37)33(25-14-20(28)11-10-18(25)2)16-26(34)32(19(3)27(35)31-4)15-22-23(29)6-5-7-24(22)30/h5-14,19H,15-16H2,1-4H3,(H,31,35)/t19-/m0/s1. The van der Waals surface area contributed by atoms with Crippen LogP contribution in [0, 0.1) is 13.8 Å². The predicted molar refractivity (Wildman–Crippen MR) is 152 cm³/mol. The largest absolute Gasteiger partial charge is 0.357 e. The van der Waals surface area contributed by atoms with Crippen LogP contribution in [0.2, 0.25) is 15.1 Å². The molecule has 0 saturated heterocycles. The van der Waals surface area contributed by atoms with Gasteiger partial charge >= 0.3 is 0 Å². The third kappa shape index (κ3) is 6.61. The molecule has 0 saturated carbocycles. The molecular formula is C27H28Cl3N3O4S. The van der Waals surface area contributed by atoms with E-state index in [2.05, 4.69) is 5.32 Å². The summed E-state index contributed by atoms with van der Waals surface area (Å²) in [7, 11) is -2.75. The third-order valence-corrected chi connectivity index (χ3v) is 8.85. The van der Waals surface area contributed by atoms with Gasteiger partial charge in [-0.2, -0.15) is 0 Å². The number of likely N-dealkylation sites (N-methyl/N-ethyl adjacent to an activating group) is 1. The van der Waals surface area contributed by atoms with Gasteiger partial charge in [0.15, 0.2) is 0 Å². The summed E-state index contributed by atoms with van der Waals surface area (Å²) in [5, 5.41) is 3.46. The van der Waals surface area contributed by atoms with Gasteiger partial charge in [0.1, 0.15) is 12.6 Å². The average Bonchev–Trinajstić information content (AvgIpc) is 2.87. The lowest BCUT2D eigenvalue weighted by Crippen LogP contribution is -2.50. The molecule has 3 aromatic carbocycles. The summed E-state index contributed by atoms with van der Waals surface area (Å²) in [5.74, 6) is -1.07. The second-order valence-electron chi connectivity index (χ2n) is 8.77. The van der Waals surface area contributed by atoms with E-state index in [4.69, 9.17) is 34.8 Å². The Hall–Kier alpha value is -2.78. The molecule has 0 aliphatic rings. The Morgan fingerprint density at radius 1 is 0.947 bits per heavy atom. The second kappa shape index (κ2) is 12.4. The number of aryl methyl sites for hydroxylation is 2. The van der Waals surface area contributed by atoms with Gasteiger partial charge in [-0.1, -0.05) is 64.6 Å². The number of nitrogens with one attached hydrogen (secondary N) is 1. The van der Waals surface area contributed by atoms with Crippen molar-refractivity contribution in [2.75, 3.05) is 17.9 Å². The van der Waals surface area contributed by atoms with Crippen molar-refractivity contribution in [3.63, 3.8) is 0 Å². The SMILES string of the molecule is CNC(=O)[C@H](C)N(Cc1c(Cl)cccc1Cl)C(=O)CN(c1cc(Cl)ccc1C)S(=O)(=O)c1ccc(C)cc1. The summed E-state index contributed by atoms with van der Waals surface area (Å²) < 4.78 is 28.8. The lowest BCUT2D eigenvalue weighted by molar-refractivity contribution is -0.139. The van der Waals surface area contributed by atoms with E-state index < -0.39 is 34.4 Å². The zero-order valence-corrected chi connectivity index (χ0v) is 24.4. The predicted octanol–water partition coefficient (Wildman–Crippen LogP) is 5.62. The number of sulfonamides is 1. The summed E-state index contributed by atoms with van der Waals surface area (Å²) >= 11 is 18.9. The molecule has 0 bridgehead atoms. The first-order valence-electron chi connectivity index (χ1n) is 11.7. The summed E-state index contributed by atoms with van der Waals surface area (Å²) in [6, 6.07) is 15.1. The number of hydrogen-bond donors (Lipinski definition) is 1. The zero-order valence-electron chi connectivity index (χ0n) is 21.3. The van der Waals surface area contributed by atoms with E-state index in [1.54, 1.807) is 56.3 Å². The van der Waals surface area contributed by atoms with Crippen molar-refractivity contribution < 1.29 is 18.0 Å². The van der Waals surface area contributed by atoms with Crippen LogP contribution in [0.5, 0.6) is 0 Å². The van der Waals surface area contributed by atoms with Gasteiger partial charge in [-0.05, 0) is 62.7 Å². The number of halogens is 3. The Labute approximate surface area is 238 Å². The molecule has 0 aliphatic carbocycles. The van der Waals surface area contributed by atoms with Crippen LogP contribution in [0.15, 0.2) is 65.6 Å². The minimum absolute atomic E-state index is 0.00956. The van der Waals surface area contributed by atoms with E-state index in [1.807, 2.05) is 6.92 Å². The van der Waals surface area contributed by atoms with Crippen molar-refractivity contribution in [1.29, 1.82) is 0 Å². The maximum atomic E-state index is 13.9. The fourth-order valence-corrected chi connectivity index (χ4v) is 6.00. The molecule has 0 fully saturated rings. The van der Waals surface area contributed by atoms with Crippen LogP contribution in [0.25, 0.3) is 0 Å². The summed E-state index contributed by atoms with van der Waals surface area (Å²) in [5.41, 5.74) is 2.16. The fraction of sp³-hybridized carbons (Fsp3) is 0.259. The van der Waals surface area contributed by atoms with Crippen molar-refractivity contribution in [2.24, 2.45) is 0 Å². The van der Waals surface area contributed by atoms with Crippen molar-refractivity contribution in [3.8, 4) is 0 Å². The van der Waals surface area contributed by atoms with Gasteiger partial charge in [-0.3, -0.25) is 13.9 Å². The fourth-order valence-electron chi connectivity index (χ4n) is 3.85. The summed E-state index contributed by atoms with van der Waals surface area (Å²) in [4.78, 5) is 27.7. The Bertz CT molecular complexity index is 1430. The van der Waals surface area contributed by atoms with Crippen molar-refractivity contribution in [3.05, 3.63) is 92.4 Å². The molecule has 202 valence electrons. The molecule has 0 radical (unpaired) electrons. The van der Waals surface area contributed by atoms with Gasteiger partial charge in [0.05, 0.1) is 10.6 Å². The molecule has 38 heavy (non-hydrogen) atoms. The van der Waals surface area contributed by atoms with E-state index in [0.717, 1.165) is 9.87 Å². The number of hydrogen-bond acceptors (Lipinski definition) is 4. The van der Waals surface area contributed by atoms with Crippen molar-refractivity contribution in [1.82, 2.24) is 10.2 Å². The first-order valence-corrected chi connectivity index (χ1v) is 14.2. The Kier molecular flexibility index (Phi) is 9.70. The molecule has 0 unspecified atom stereocenters. The monoisotopic (exact) mass is 595 g/mol. The lowest BCUT2D eigenvalue weighted by Gasteiger charge is -2.32. The smallest absolute Gasteiger partial charge is 0.264 e.